The van der Waals surface area contributed by atoms with Crippen LogP contribution in [0.4, 0.5) is 4.39 Å². The van der Waals surface area contributed by atoms with Crippen LogP contribution in [0.5, 0.6) is 11.5 Å². The van der Waals surface area contributed by atoms with Crippen molar-refractivity contribution in [2.45, 2.75) is 0 Å². The third-order valence-electron chi connectivity index (χ3n) is 3.06. The van der Waals surface area contributed by atoms with E-state index in [1.54, 1.807) is 0 Å². The minimum Gasteiger partial charge on any atom is -0.486 e. The molecule has 0 N–H and O–H groups in total. The largest absolute Gasteiger partial charge is 0.486 e. The molecule has 21 heavy (non-hydrogen) atoms. The molecule has 3 nitrogen and oxygen atoms in total. The SMILES string of the molecule is O=C(c1ccc(Cl)c(F)c1)c1cc2c(cc1Cl)OCCO2. The van der Waals surface area contributed by atoms with Gasteiger partial charge in [-0.2, -0.15) is 0 Å². The maximum Gasteiger partial charge on any atom is 0.194 e. The Labute approximate surface area is 130 Å². The van der Waals surface area contributed by atoms with Gasteiger partial charge in [0.15, 0.2) is 17.3 Å². The first-order chi connectivity index (χ1) is 10.1. The normalized spacial score (nSPS) is 13.1. The summed E-state index contributed by atoms with van der Waals surface area (Å²) in [6, 6.07) is 6.88. The van der Waals surface area contributed by atoms with Crippen LogP contribution in [-0.2, 0) is 0 Å². The monoisotopic (exact) mass is 326 g/mol. The van der Waals surface area contributed by atoms with Gasteiger partial charge >= 0.3 is 0 Å². The summed E-state index contributed by atoms with van der Waals surface area (Å²) in [5.41, 5.74) is 0.387. The van der Waals surface area contributed by atoms with E-state index in [-0.39, 0.29) is 21.2 Å². The molecule has 0 aromatic heterocycles. The number of carbonyl (C=O) groups excluding carboxylic acids is 1. The Morgan fingerprint density at radius 1 is 1.00 bits per heavy atom. The maximum absolute atomic E-state index is 13.5. The van der Waals surface area contributed by atoms with Crippen molar-refractivity contribution in [2.24, 2.45) is 0 Å². The van der Waals surface area contributed by atoms with E-state index in [4.69, 9.17) is 32.7 Å². The fraction of sp³-hybridized carbons (Fsp3) is 0.133. The first-order valence-electron chi connectivity index (χ1n) is 6.15. The predicted octanol–water partition coefficient (Wildman–Crippen LogP) is 4.13. The Balaban J connectivity index is 2.03. The first-order valence-corrected chi connectivity index (χ1v) is 6.91. The summed E-state index contributed by atoms with van der Waals surface area (Å²) in [5.74, 6) is -0.128. The molecule has 0 spiro atoms. The van der Waals surface area contributed by atoms with Crippen molar-refractivity contribution in [2.75, 3.05) is 13.2 Å². The number of hydrogen-bond acceptors (Lipinski definition) is 3. The number of fused-ring (bicyclic) bond motifs is 1. The molecule has 0 bridgehead atoms. The van der Waals surface area contributed by atoms with Crippen LogP contribution in [0.1, 0.15) is 15.9 Å². The molecular formula is C15H9Cl2FO3. The number of hydrogen-bond donors (Lipinski definition) is 0. The summed E-state index contributed by atoms with van der Waals surface area (Å²) < 4.78 is 24.3. The molecule has 2 aromatic carbocycles. The lowest BCUT2D eigenvalue weighted by Gasteiger charge is -2.19. The molecular weight excluding hydrogens is 318 g/mol. The highest BCUT2D eigenvalue weighted by Gasteiger charge is 2.20. The lowest BCUT2D eigenvalue weighted by Crippen LogP contribution is -2.16. The van der Waals surface area contributed by atoms with Gasteiger partial charge < -0.3 is 9.47 Å². The van der Waals surface area contributed by atoms with Crippen LogP contribution in [-0.4, -0.2) is 19.0 Å². The van der Waals surface area contributed by atoms with Gasteiger partial charge in [0.1, 0.15) is 19.0 Å². The number of ketones is 1. The second-order valence-electron chi connectivity index (χ2n) is 4.43. The Bertz CT molecular complexity index is 731. The molecule has 0 aliphatic carbocycles. The van der Waals surface area contributed by atoms with Crippen molar-refractivity contribution in [3.63, 3.8) is 0 Å². The van der Waals surface area contributed by atoms with Crippen molar-refractivity contribution in [1.29, 1.82) is 0 Å². The standard InChI is InChI=1S/C15H9Cl2FO3/c16-10-2-1-8(5-12(10)18)15(19)9-6-13-14(7-11(9)17)21-4-3-20-13/h1-2,5-7H,3-4H2. The maximum atomic E-state index is 13.5. The predicted molar refractivity (Wildman–Crippen MR) is 77.3 cm³/mol. The highest BCUT2D eigenvalue weighted by atomic mass is 35.5. The lowest BCUT2D eigenvalue weighted by molar-refractivity contribution is 0.103. The van der Waals surface area contributed by atoms with Crippen molar-refractivity contribution < 1.29 is 18.7 Å². The molecule has 0 saturated carbocycles. The number of rotatable bonds is 2. The van der Waals surface area contributed by atoms with E-state index in [0.29, 0.717) is 24.7 Å². The second kappa shape index (κ2) is 5.54. The lowest BCUT2D eigenvalue weighted by atomic mass is 10.0. The van der Waals surface area contributed by atoms with E-state index in [9.17, 15) is 9.18 Å². The van der Waals surface area contributed by atoms with Gasteiger partial charge in [-0.3, -0.25) is 4.79 Å². The molecule has 0 unspecified atom stereocenters. The van der Waals surface area contributed by atoms with Gasteiger partial charge in [0, 0.05) is 17.2 Å². The Morgan fingerprint density at radius 2 is 1.67 bits per heavy atom. The van der Waals surface area contributed by atoms with Crippen LogP contribution < -0.4 is 9.47 Å². The van der Waals surface area contributed by atoms with Gasteiger partial charge in [-0.05, 0) is 24.3 Å². The molecule has 0 fully saturated rings. The molecule has 2 aromatic rings. The summed E-state index contributed by atoms with van der Waals surface area (Å²) >= 11 is 11.7. The summed E-state index contributed by atoms with van der Waals surface area (Å²) in [5, 5.41) is 0.180. The zero-order chi connectivity index (χ0) is 15.0. The molecule has 1 heterocycles. The highest BCUT2D eigenvalue weighted by molar-refractivity contribution is 6.35. The number of ether oxygens (including phenoxy) is 2. The van der Waals surface area contributed by atoms with Crippen LogP contribution in [0, 0.1) is 5.82 Å². The second-order valence-corrected chi connectivity index (χ2v) is 5.25. The fourth-order valence-electron chi connectivity index (χ4n) is 2.03. The third kappa shape index (κ3) is 2.69. The van der Waals surface area contributed by atoms with Gasteiger partial charge in [-0.1, -0.05) is 23.2 Å². The Morgan fingerprint density at radius 3 is 2.33 bits per heavy atom. The van der Waals surface area contributed by atoms with Gasteiger partial charge in [-0.15, -0.1) is 0 Å². The zero-order valence-corrected chi connectivity index (χ0v) is 12.2. The average molecular weight is 327 g/mol. The van der Waals surface area contributed by atoms with Gasteiger partial charge in [0.05, 0.1) is 10.0 Å². The molecule has 0 radical (unpaired) electrons. The molecule has 3 rings (SSSR count). The number of halogens is 3. The molecule has 1 aliphatic heterocycles. The number of carbonyl (C=O) groups is 1. The molecule has 6 heteroatoms. The smallest absolute Gasteiger partial charge is 0.194 e. The van der Waals surface area contributed by atoms with E-state index in [1.165, 1.54) is 24.3 Å². The zero-order valence-electron chi connectivity index (χ0n) is 10.7. The van der Waals surface area contributed by atoms with Crippen LogP contribution in [0.25, 0.3) is 0 Å². The highest BCUT2D eigenvalue weighted by Crippen LogP contribution is 2.36. The van der Waals surface area contributed by atoms with E-state index in [1.807, 2.05) is 0 Å². The minimum absolute atomic E-state index is 0.0418. The quantitative estimate of drug-likeness (QED) is 0.778. The van der Waals surface area contributed by atoms with E-state index in [0.717, 1.165) is 6.07 Å². The van der Waals surface area contributed by atoms with Crippen molar-refractivity contribution >= 4 is 29.0 Å². The van der Waals surface area contributed by atoms with E-state index in [2.05, 4.69) is 0 Å². The summed E-state index contributed by atoms with van der Waals surface area (Å²) in [6.45, 7) is 0.830. The van der Waals surface area contributed by atoms with Crippen LogP contribution >= 0.6 is 23.2 Å². The molecule has 0 amide bonds. The molecule has 0 atom stereocenters. The Hall–Kier alpha value is -1.78. The molecule has 1 aliphatic rings. The van der Waals surface area contributed by atoms with Gasteiger partial charge in [-0.25, -0.2) is 4.39 Å². The minimum atomic E-state index is -0.656. The molecule has 108 valence electrons. The summed E-state index contributed by atoms with van der Waals surface area (Å²) in [6.07, 6.45) is 0. The van der Waals surface area contributed by atoms with Crippen LogP contribution in [0.2, 0.25) is 10.0 Å². The van der Waals surface area contributed by atoms with Crippen molar-refractivity contribution in [3.8, 4) is 11.5 Å². The van der Waals surface area contributed by atoms with Crippen LogP contribution in [0.15, 0.2) is 30.3 Å². The van der Waals surface area contributed by atoms with Crippen molar-refractivity contribution in [3.05, 3.63) is 57.3 Å². The summed E-state index contributed by atoms with van der Waals surface area (Å²) in [7, 11) is 0. The van der Waals surface area contributed by atoms with E-state index < -0.39 is 11.6 Å². The first kappa shape index (κ1) is 14.2. The molecule has 0 saturated heterocycles. The average Bonchev–Trinajstić information content (AvgIpc) is 2.48. The van der Waals surface area contributed by atoms with Crippen LogP contribution in [0.3, 0.4) is 0 Å². The fourth-order valence-corrected chi connectivity index (χ4v) is 2.39. The summed E-state index contributed by atoms with van der Waals surface area (Å²) in [4.78, 5) is 12.4. The van der Waals surface area contributed by atoms with E-state index >= 15 is 0 Å². The van der Waals surface area contributed by atoms with Gasteiger partial charge in [0.25, 0.3) is 0 Å². The van der Waals surface area contributed by atoms with Gasteiger partial charge in [0.2, 0.25) is 0 Å². The topological polar surface area (TPSA) is 35.5 Å². The Kier molecular flexibility index (Phi) is 3.74. The third-order valence-corrected chi connectivity index (χ3v) is 3.68. The van der Waals surface area contributed by atoms with Crippen molar-refractivity contribution in [1.82, 2.24) is 0 Å². The number of benzene rings is 2.